The van der Waals surface area contributed by atoms with E-state index in [1.54, 1.807) is 12.3 Å². The summed E-state index contributed by atoms with van der Waals surface area (Å²) >= 11 is 0. The number of nitrogens with zero attached hydrogens (tertiary/aromatic N) is 3. The van der Waals surface area contributed by atoms with E-state index in [2.05, 4.69) is 9.88 Å². The maximum Gasteiger partial charge on any atom is 0.225 e. The molecule has 88 valence electrons. The number of hydrogen-bond donors (Lipinski definition) is 1. The predicted octanol–water partition coefficient (Wildman–Crippen LogP) is 0.655. The molecule has 1 atom stereocenters. The number of rotatable bonds is 2. The smallest absolute Gasteiger partial charge is 0.225 e. The van der Waals surface area contributed by atoms with Gasteiger partial charge in [-0.15, -0.1) is 0 Å². The van der Waals surface area contributed by atoms with Crippen LogP contribution in [0.1, 0.15) is 19.0 Å². The largest absolute Gasteiger partial charge is 0.369 e. The molecule has 0 aliphatic carbocycles. The molecular formula is C12H14N4O. The number of pyridine rings is 1. The van der Waals surface area contributed by atoms with Gasteiger partial charge in [-0.05, 0) is 25.5 Å². The standard InChI is InChI=1S/C12H14N4O/c1-12(11(14)17)4-5-16(8-12)10-3-2-9(6-13)15-7-10/h2-3,7H,4-5,8H2,1H3,(H2,14,17). The normalized spacial score (nSPS) is 23.4. The molecule has 2 heterocycles. The molecule has 0 bridgehead atoms. The molecule has 0 radical (unpaired) electrons. The van der Waals surface area contributed by atoms with Crippen molar-refractivity contribution in [3.8, 4) is 6.07 Å². The van der Waals surface area contributed by atoms with E-state index in [9.17, 15) is 4.79 Å². The lowest BCUT2D eigenvalue weighted by molar-refractivity contribution is -0.125. The Morgan fingerprint density at radius 3 is 2.88 bits per heavy atom. The lowest BCUT2D eigenvalue weighted by Gasteiger charge is -2.22. The van der Waals surface area contributed by atoms with Crippen LogP contribution in [-0.2, 0) is 4.79 Å². The summed E-state index contributed by atoms with van der Waals surface area (Å²) in [6, 6.07) is 5.50. The molecule has 0 saturated carbocycles. The molecule has 17 heavy (non-hydrogen) atoms. The zero-order valence-corrected chi connectivity index (χ0v) is 9.68. The van der Waals surface area contributed by atoms with Gasteiger partial charge in [-0.3, -0.25) is 4.79 Å². The average Bonchev–Trinajstić information content (AvgIpc) is 2.74. The highest BCUT2D eigenvalue weighted by atomic mass is 16.1. The van der Waals surface area contributed by atoms with E-state index in [1.165, 1.54) is 0 Å². The summed E-state index contributed by atoms with van der Waals surface area (Å²) < 4.78 is 0. The summed E-state index contributed by atoms with van der Waals surface area (Å²) in [5.41, 5.74) is 6.25. The van der Waals surface area contributed by atoms with E-state index >= 15 is 0 Å². The van der Waals surface area contributed by atoms with Crippen LogP contribution in [0, 0.1) is 16.7 Å². The van der Waals surface area contributed by atoms with Crippen molar-refractivity contribution < 1.29 is 4.79 Å². The maximum atomic E-state index is 11.3. The zero-order chi connectivity index (χ0) is 12.5. The van der Waals surface area contributed by atoms with Crippen molar-refractivity contribution in [1.82, 2.24) is 4.98 Å². The Hall–Kier alpha value is -2.09. The summed E-state index contributed by atoms with van der Waals surface area (Å²) in [5.74, 6) is -0.262. The Balaban J connectivity index is 2.15. The Morgan fingerprint density at radius 1 is 1.65 bits per heavy atom. The van der Waals surface area contributed by atoms with Gasteiger partial charge < -0.3 is 10.6 Å². The number of amides is 1. The number of carbonyl (C=O) groups excluding carboxylic acids is 1. The molecule has 1 fully saturated rings. The van der Waals surface area contributed by atoms with Crippen LogP contribution in [-0.4, -0.2) is 24.0 Å². The molecule has 2 rings (SSSR count). The van der Waals surface area contributed by atoms with Crippen LogP contribution in [0.4, 0.5) is 5.69 Å². The van der Waals surface area contributed by atoms with E-state index in [0.29, 0.717) is 12.2 Å². The second-order valence-electron chi connectivity index (χ2n) is 4.61. The van der Waals surface area contributed by atoms with Gasteiger partial charge in [-0.1, -0.05) is 0 Å². The monoisotopic (exact) mass is 230 g/mol. The molecule has 1 aliphatic heterocycles. The van der Waals surface area contributed by atoms with Crippen molar-refractivity contribution in [1.29, 1.82) is 5.26 Å². The fraction of sp³-hybridized carbons (Fsp3) is 0.417. The summed E-state index contributed by atoms with van der Waals surface area (Å²) in [7, 11) is 0. The molecule has 1 aliphatic rings. The van der Waals surface area contributed by atoms with Gasteiger partial charge in [0.2, 0.25) is 5.91 Å². The fourth-order valence-electron chi connectivity index (χ4n) is 2.02. The van der Waals surface area contributed by atoms with Gasteiger partial charge >= 0.3 is 0 Å². The molecule has 1 aromatic rings. The van der Waals surface area contributed by atoms with Gasteiger partial charge in [0.15, 0.2) is 0 Å². The molecule has 2 N–H and O–H groups in total. The van der Waals surface area contributed by atoms with Gasteiger partial charge in [0, 0.05) is 13.1 Å². The van der Waals surface area contributed by atoms with Crippen LogP contribution >= 0.6 is 0 Å². The summed E-state index contributed by atoms with van der Waals surface area (Å²) in [4.78, 5) is 17.4. The molecule has 5 nitrogen and oxygen atoms in total. The second-order valence-corrected chi connectivity index (χ2v) is 4.61. The average molecular weight is 230 g/mol. The minimum atomic E-state index is -0.464. The highest BCUT2D eigenvalue weighted by molar-refractivity contribution is 5.82. The first kappa shape index (κ1) is 11.4. The van der Waals surface area contributed by atoms with Crippen LogP contribution < -0.4 is 10.6 Å². The van der Waals surface area contributed by atoms with Crippen molar-refractivity contribution >= 4 is 11.6 Å². The Bertz CT molecular complexity index is 476. The quantitative estimate of drug-likeness (QED) is 0.808. The first-order valence-corrected chi connectivity index (χ1v) is 5.46. The molecule has 1 unspecified atom stereocenters. The number of nitriles is 1. The predicted molar refractivity (Wildman–Crippen MR) is 63.1 cm³/mol. The number of primary amides is 1. The lowest BCUT2D eigenvalue weighted by Crippen LogP contribution is -2.37. The van der Waals surface area contributed by atoms with Gasteiger partial charge in [-0.25, -0.2) is 4.98 Å². The topological polar surface area (TPSA) is 83.0 Å². The van der Waals surface area contributed by atoms with Crippen molar-refractivity contribution in [2.24, 2.45) is 11.1 Å². The third kappa shape index (κ3) is 2.07. The van der Waals surface area contributed by atoms with Crippen LogP contribution in [0.5, 0.6) is 0 Å². The van der Waals surface area contributed by atoms with E-state index < -0.39 is 5.41 Å². The van der Waals surface area contributed by atoms with Gasteiger partial charge in [0.05, 0.1) is 17.3 Å². The Morgan fingerprint density at radius 2 is 2.41 bits per heavy atom. The molecule has 1 saturated heterocycles. The molecule has 0 spiro atoms. The highest BCUT2D eigenvalue weighted by Gasteiger charge is 2.38. The summed E-state index contributed by atoms with van der Waals surface area (Å²) in [6.45, 7) is 3.27. The number of aromatic nitrogens is 1. The maximum absolute atomic E-state index is 11.3. The number of anilines is 1. The van der Waals surface area contributed by atoms with Crippen molar-refractivity contribution in [2.75, 3.05) is 18.0 Å². The van der Waals surface area contributed by atoms with Crippen molar-refractivity contribution in [3.05, 3.63) is 24.0 Å². The molecule has 1 amide bonds. The molecule has 5 heteroatoms. The van der Waals surface area contributed by atoms with Crippen LogP contribution in [0.3, 0.4) is 0 Å². The number of carbonyl (C=O) groups is 1. The first-order valence-electron chi connectivity index (χ1n) is 5.46. The first-order chi connectivity index (χ1) is 8.05. The lowest BCUT2D eigenvalue weighted by atomic mass is 9.89. The van der Waals surface area contributed by atoms with E-state index in [4.69, 9.17) is 11.0 Å². The summed E-state index contributed by atoms with van der Waals surface area (Å²) in [5, 5.41) is 8.66. The SMILES string of the molecule is CC1(C(N)=O)CCN(c2ccc(C#N)nc2)C1. The Kier molecular flexibility index (Phi) is 2.72. The van der Waals surface area contributed by atoms with Crippen LogP contribution in [0.15, 0.2) is 18.3 Å². The Labute approximate surface area is 99.9 Å². The van der Waals surface area contributed by atoms with Gasteiger partial charge in [0.25, 0.3) is 0 Å². The fourth-order valence-corrected chi connectivity index (χ4v) is 2.02. The van der Waals surface area contributed by atoms with Crippen LogP contribution in [0.2, 0.25) is 0 Å². The van der Waals surface area contributed by atoms with E-state index in [-0.39, 0.29) is 5.91 Å². The molecular weight excluding hydrogens is 216 g/mol. The van der Waals surface area contributed by atoms with Crippen molar-refractivity contribution in [3.63, 3.8) is 0 Å². The second kappa shape index (κ2) is 4.06. The number of hydrogen-bond acceptors (Lipinski definition) is 4. The molecule has 0 aromatic carbocycles. The van der Waals surface area contributed by atoms with Crippen LogP contribution in [0.25, 0.3) is 0 Å². The van der Waals surface area contributed by atoms with E-state index in [1.807, 2.05) is 19.1 Å². The minimum absolute atomic E-state index is 0.262. The highest BCUT2D eigenvalue weighted by Crippen LogP contribution is 2.32. The third-order valence-electron chi connectivity index (χ3n) is 3.30. The van der Waals surface area contributed by atoms with Gasteiger partial charge in [0.1, 0.15) is 11.8 Å². The van der Waals surface area contributed by atoms with E-state index in [0.717, 1.165) is 18.7 Å². The van der Waals surface area contributed by atoms with Gasteiger partial charge in [-0.2, -0.15) is 5.26 Å². The minimum Gasteiger partial charge on any atom is -0.369 e. The molecule has 1 aromatic heterocycles. The van der Waals surface area contributed by atoms with Crippen molar-refractivity contribution in [2.45, 2.75) is 13.3 Å². The summed E-state index contributed by atoms with van der Waals surface area (Å²) in [6.07, 6.45) is 2.41. The third-order valence-corrected chi connectivity index (χ3v) is 3.30. The number of nitrogens with two attached hydrogens (primary N) is 1. The zero-order valence-electron chi connectivity index (χ0n) is 9.68.